The second kappa shape index (κ2) is 6.57. The topological polar surface area (TPSA) is 97.0 Å². The Kier molecular flexibility index (Phi) is 5.10. The number of hydrogen-bond donors (Lipinski definition) is 2. The van der Waals surface area contributed by atoms with Gasteiger partial charge >= 0.3 is 6.36 Å². The summed E-state index contributed by atoms with van der Waals surface area (Å²) in [7, 11) is -4.37. The van der Waals surface area contributed by atoms with Crippen molar-refractivity contribution in [3.05, 3.63) is 22.7 Å². The van der Waals surface area contributed by atoms with E-state index >= 15 is 0 Å². The molecule has 1 aromatic heterocycles. The van der Waals surface area contributed by atoms with Crippen molar-refractivity contribution in [2.75, 3.05) is 11.0 Å². The van der Waals surface area contributed by atoms with Crippen molar-refractivity contribution < 1.29 is 26.3 Å². The molecule has 126 valence electrons. The number of nitrogens with zero attached hydrogens (tertiary/aromatic N) is 2. The minimum Gasteiger partial charge on any atom is -0.404 e. The molecule has 0 aliphatic heterocycles. The predicted octanol–water partition coefficient (Wildman–Crippen LogP) is 2.99. The smallest absolute Gasteiger partial charge is 0.404 e. The number of rotatable bonds is 5. The molecular weight excluding hydrogens is 425 g/mol. The van der Waals surface area contributed by atoms with Crippen LogP contribution in [0.4, 0.5) is 19.1 Å². The van der Waals surface area contributed by atoms with Crippen LogP contribution in [0.2, 0.25) is 0 Å². The lowest BCUT2D eigenvalue weighted by molar-refractivity contribution is -0.275. The highest BCUT2D eigenvalue weighted by atomic mass is 79.9. The minimum absolute atomic E-state index is 0.222. The molecule has 1 heterocycles. The van der Waals surface area contributed by atoms with Crippen molar-refractivity contribution in [2.45, 2.75) is 16.4 Å². The first kappa shape index (κ1) is 17.9. The maximum absolute atomic E-state index is 12.4. The molecule has 0 aliphatic carbocycles. The van der Waals surface area contributed by atoms with E-state index in [4.69, 9.17) is 0 Å². The van der Waals surface area contributed by atoms with Crippen molar-refractivity contribution in [1.82, 2.24) is 15.2 Å². The first-order valence-electron chi connectivity index (χ1n) is 5.65. The summed E-state index contributed by atoms with van der Waals surface area (Å²) < 4.78 is 67.8. The van der Waals surface area contributed by atoms with E-state index in [9.17, 15) is 21.6 Å². The standard InChI is InChI=1S/C10H8BrF3N4O3S2/c1-22-9-15-8(16-17-9)18-23(19,20)7-3-2-5(11)4-6(7)21-10(12,13)14/h2-4H,1H3,(H2,15,16,17,18). The van der Waals surface area contributed by atoms with Gasteiger partial charge in [0.25, 0.3) is 10.0 Å². The summed E-state index contributed by atoms with van der Waals surface area (Å²) >= 11 is 4.11. The number of H-pyrrole nitrogens is 1. The van der Waals surface area contributed by atoms with Crippen molar-refractivity contribution in [3.8, 4) is 5.75 Å². The number of thioether (sulfide) groups is 1. The number of nitrogens with one attached hydrogen (secondary N) is 2. The van der Waals surface area contributed by atoms with Crippen molar-refractivity contribution in [1.29, 1.82) is 0 Å². The number of alkyl halides is 3. The number of halogens is 4. The average Bonchev–Trinajstić information content (AvgIpc) is 2.83. The Labute approximate surface area is 141 Å². The van der Waals surface area contributed by atoms with Gasteiger partial charge in [0.05, 0.1) is 0 Å². The van der Waals surface area contributed by atoms with Crippen LogP contribution in [-0.4, -0.2) is 36.2 Å². The van der Waals surface area contributed by atoms with Crippen LogP contribution >= 0.6 is 27.7 Å². The normalized spacial score (nSPS) is 12.2. The molecule has 0 atom stereocenters. The molecule has 0 radical (unpaired) electrons. The van der Waals surface area contributed by atoms with Gasteiger partial charge in [-0.05, 0) is 24.5 Å². The van der Waals surface area contributed by atoms with E-state index in [0.29, 0.717) is 0 Å². The second-order valence-electron chi connectivity index (χ2n) is 3.92. The third-order valence-corrected chi connectivity index (χ3v) is 4.72. The first-order valence-corrected chi connectivity index (χ1v) is 9.15. The average molecular weight is 433 g/mol. The van der Waals surface area contributed by atoms with Crippen LogP contribution in [0.15, 0.2) is 32.7 Å². The van der Waals surface area contributed by atoms with Gasteiger partial charge in [0.15, 0.2) is 5.75 Å². The van der Waals surface area contributed by atoms with Crippen LogP contribution < -0.4 is 9.46 Å². The van der Waals surface area contributed by atoms with E-state index in [0.717, 1.165) is 23.9 Å². The summed E-state index contributed by atoms with van der Waals surface area (Å²) in [5.41, 5.74) is 0. The van der Waals surface area contributed by atoms with Gasteiger partial charge in [-0.2, -0.15) is 4.98 Å². The SMILES string of the molecule is CSc1n[nH]c(NS(=O)(=O)c2ccc(Br)cc2OC(F)(F)F)n1. The molecule has 2 rings (SSSR count). The molecule has 0 fully saturated rings. The van der Waals surface area contributed by atoms with E-state index in [-0.39, 0.29) is 15.6 Å². The van der Waals surface area contributed by atoms with Gasteiger partial charge in [0, 0.05) is 4.47 Å². The molecule has 0 saturated carbocycles. The van der Waals surface area contributed by atoms with Gasteiger partial charge in [-0.15, -0.1) is 18.3 Å². The highest BCUT2D eigenvalue weighted by Crippen LogP contribution is 2.33. The Balaban J connectivity index is 2.38. The second-order valence-corrected chi connectivity index (χ2v) is 7.25. The Morgan fingerprint density at radius 3 is 2.65 bits per heavy atom. The number of benzene rings is 1. The molecule has 0 amide bonds. The van der Waals surface area contributed by atoms with Gasteiger partial charge in [-0.25, -0.2) is 18.2 Å². The number of aromatic nitrogens is 3. The van der Waals surface area contributed by atoms with E-state index in [2.05, 4.69) is 35.8 Å². The quantitative estimate of drug-likeness (QED) is 0.704. The summed E-state index contributed by atoms with van der Waals surface area (Å²) in [4.78, 5) is 3.10. The number of ether oxygens (including phenoxy) is 1. The van der Waals surface area contributed by atoms with Crippen LogP contribution in [0.3, 0.4) is 0 Å². The first-order chi connectivity index (χ1) is 10.6. The fourth-order valence-corrected chi connectivity index (χ4v) is 3.20. The van der Waals surface area contributed by atoms with E-state index in [1.807, 2.05) is 4.72 Å². The van der Waals surface area contributed by atoms with Crippen LogP contribution in [0.5, 0.6) is 5.75 Å². The molecule has 0 saturated heterocycles. The summed E-state index contributed by atoms with van der Waals surface area (Å²) in [6.45, 7) is 0. The Bertz CT molecular complexity index is 810. The highest BCUT2D eigenvalue weighted by molar-refractivity contribution is 9.10. The number of anilines is 1. The Hall–Kier alpha value is -1.47. The minimum atomic E-state index is -5.04. The zero-order valence-electron chi connectivity index (χ0n) is 11.2. The summed E-state index contributed by atoms with van der Waals surface area (Å²) in [5, 5.41) is 6.28. The molecular formula is C10H8BrF3N4O3S2. The van der Waals surface area contributed by atoms with Crippen molar-refractivity contribution >= 4 is 43.7 Å². The molecule has 23 heavy (non-hydrogen) atoms. The van der Waals surface area contributed by atoms with Crippen LogP contribution in [-0.2, 0) is 10.0 Å². The zero-order valence-corrected chi connectivity index (χ0v) is 14.4. The Morgan fingerprint density at radius 1 is 1.39 bits per heavy atom. The fraction of sp³-hybridized carbons (Fsp3) is 0.200. The van der Waals surface area contributed by atoms with Crippen LogP contribution in [0.25, 0.3) is 0 Å². The molecule has 2 aromatic rings. The zero-order chi connectivity index (χ0) is 17.3. The van der Waals surface area contributed by atoms with E-state index in [1.54, 1.807) is 6.26 Å². The van der Waals surface area contributed by atoms with Gasteiger partial charge in [0.2, 0.25) is 11.1 Å². The van der Waals surface area contributed by atoms with Crippen LogP contribution in [0, 0.1) is 0 Å². The van der Waals surface area contributed by atoms with Crippen molar-refractivity contribution in [3.63, 3.8) is 0 Å². The highest BCUT2D eigenvalue weighted by Gasteiger charge is 2.34. The van der Waals surface area contributed by atoms with Crippen molar-refractivity contribution in [2.24, 2.45) is 0 Å². The van der Waals surface area contributed by atoms with Gasteiger partial charge in [-0.1, -0.05) is 27.7 Å². The maximum Gasteiger partial charge on any atom is 0.573 e. The third-order valence-electron chi connectivity index (χ3n) is 2.30. The summed E-state index contributed by atoms with van der Waals surface area (Å²) in [5.74, 6) is -1.10. The van der Waals surface area contributed by atoms with Gasteiger partial charge in [-0.3, -0.25) is 0 Å². The molecule has 1 aromatic carbocycles. The number of aromatic amines is 1. The van der Waals surface area contributed by atoms with Gasteiger partial charge < -0.3 is 4.74 Å². The lowest BCUT2D eigenvalue weighted by Gasteiger charge is -2.14. The molecule has 13 heteroatoms. The lowest BCUT2D eigenvalue weighted by Crippen LogP contribution is -2.21. The molecule has 7 nitrogen and oxygen atoms in total. The third kappa shape index (κ3) is 4.75. The van der Waals surface area contributed by atoms with Gasteiger partial charge in [0.1, 0.15) is 4.90 Å². The number of sulfonamides is 1. The molecule has 2 N–H and O–H groups in total. The molecule has 0 spiro atoms. The lowest BCUT2D eigenvalue weighted by atomic mass is 10.3. The monoisotopic (exact) mass is 432 g/mol. The molecule has 0 bridgehead atoms. The Morgan fingerprint density at radius 2 is 2.09 bits per heavy atom. The predicted molar refractivity (Wildman–Crippen MR) is 79.8 cm³/mol. The number of hydrogen-bond acceptors (Lipinski definition) is 6. The largest absolute Gasteiger partial charge is 0.573 e. The maximum atomic E-state index is 12.4. The molecule has 0 unspecified atom stereocenters. The van der Waals surface area contributed by atoms with Crippen LogP contribution in [0.1, 0.15) is 0 Å². The summed E-state index contributed by atoms with van der Waals surface area (Å²) in [6.07, 6.45) is -3.37. The van der Waals surface area contributed by atoms with E-state index in [1.165, 1.54) is 6.07 Å². The summed E-state index contributed by atoms with van der Waals surface area (Å²) in [6, 6.07) is 3.14. The fourth-order valence-electron chi connectivity index (χ4n) is 1.47. The molecule has 0 aliphatic rings. The van der Waals surface area contributed by atoms with E-state index < -0.39 is 27.0 Å².